The Kier molecular flexibility index (Phi) is 5.06. The Labute approximate surface area is 122 Å². The molecule has 0 spiro atoms. The van der Waals surface area contributed by atoms with Crippen molar-refractivity contribution in [3.05, 3.63) is 29.8 Å². The monoisotopic (exact) mass is 271 g/mol. The van der Waals surface area contributed by atoms with E-state index >= 15 is 0 Å². The lowest BCUT2D eigenvalue weighted by atomic mass is 9.67. The SMILES string of the molecule is CCCC1CCC(C#N)(Cc2ccccc2OC)CC1. The van der Waals surface area contributed by atoms with Crippen molar-refractivity contribution in [2.45, 2.75) is 51.9 Å². The fourth-order valence-electron chi connectivity index (χ4n) is 3.47. The first-order valence-electron chi connectivity index (χ1n) is 7.76. The number of nitriles is 1. The second kappa shape index (κ2) is 6.79. The van der Waals surface area contributed by atoms with Gasteiger partial charge in [-0.1, -0.05) is 38.0 Å². The van der Waals surface area contributed by atoms with Crippen LogP contribution >= 0.6 is 0 Å². The van der Waals surface area contributed by atoms with Gasteiger partial charge in [-0.3, -0.25) is 0 Å². The number of nitrogens with zero attached hydrogens (tertiary/aromatic N) is 1. The Balaban J connectivity index is 2.08. The zero-order chi connectivity index (χ0) is 14.4. The maximum absolute atomic E-state index is 9.69. The second-order valence-electron chi connectivity index (χ2n) is 6.11. The molecule has 0 aromatic heterocycles. The van der Waals surface area contributed by atoms with Gasteiger partial charge >= 0.3 is 0 Å². The Bertz CT molecular complexity index is 467. The van der Waals surface area contributed by atoms with Crippen LogP contribution in [0, 0.1) is 22.7 Å². The molecule has 0 saturated heterocycles. The van der Waals surface area contributed by atoms with Crippen molar-refractivity contribution in [2.75, 3.05) is 7.11 Å². The fraction of sp³-hybridized carbons (Fsp3) is 0.611. The van der Waals surface area contributed by atoms with Crippen molar-refractivity contribution < 1.29 is 4.74 Å². The summed E-state index contributed by atoms with van der Waals surface area (Å²) in [4.78, 5) is 0. The largest absolute Gasteiger partial charge is 0.496 e. The van der Waals surface area contributed by atoms with Crippen LogP contribution < -0.4 is 4.74 Å². The lowest BCUT2D eigenvalue weighted by molar-refractivity contribution is 0.199. The Hall–Kier alpha value is -1.49. The zero-order valence-corrected chi connectivity index (χ0v) is 12.7. The van der Waals surface area contributed by atoms with Gasteiger partial charge in [-0.2, -0.15) is 5.26 Å². The summed E-state index contributed by atoms with van der Waals surface area (Å²) in [5, 5.41) is 9.69. The van der Waals surface area contributed by atoms with Gasteiger partial charge in [0.25, 0.3) is 0 Å². The van der Waals surface area contributed by atoms with Crippen molar-refractivity contribution in [3.63, 3.8) is 0 Å². The van der Waals surface area contributed by atoms with Gasteiger partial charge in [0.1, 0.15) is 5.75 Å². The quantitative estimate of drug-likeness (QED) is 0.775. The van der Waals surface area contributed by atoms with E-state index in [1.807, 2.05) is 18.2 Å². The lowest BCUT2D eigenvalue weighted by Gasteiger charge is -2.35. The highest BCUT2D eigenvalue weighted by Crippen LogP contribution is 2.43. The fourth-order valence-corrected chi connectivity index (χ4v) is 3.47. The maximum atomic E-state index is 9.69. The van der Waals surface area contributed by atoms with Crippen LogP contribution in [0.5, 0.6) is 5.75 Å². The predicted octanol–water partition coefficient (Wildman–Crippen LogP) is 4.74. The Morgan fingerprint density at radius 3 is 2.60 bits per heavy atom. The minimum absolute atomic E-state index is 0.182. The van der Waals surface area contributed by atoms with Gasteiger partial charge in [-0.25, -0.2) is 0 Å². The smallest absolute Gasteiger partial charge is 0.122 e. The summed E-state index contributed by atoms with van der Waals surface area (Å²) in [6.07, 6.45) is 7.88. The molecule has 2 rings (SSSR count). The molecule has 0 N–H and O–H groups in total. The standard InChI is InChI=1S/C18H25NO/c1-3-6-15-9-11-18(14-19,12-10-15)13-16-7-4-5-8-17(16)20-2/h4-5,7-8,15H,3,6,9-13H2,1-2H3. The number of benzene rings is 1. The third kappa shape index (κ3) is 3.33. The van der Waals surface area contributed by atoms with E-state index in [1.54, 1.807) is 7.11 Å². The lowest BCUT2D eigenvalue weighted by Crippen LogP contribution is -2.28. The van der Waals surface area contributed by atoms with Crippen LogP contribution in [-0.2, 0) is 6.42 Å². The number of hydrogen-bond acceptors (Lipinski definition) is 2. The molecule has 0 bridgehead atoms. The number of hydrogen-bond donors (Lipinski definition) is 0. The predicted molar refractivity (Wildman–Crippen MR) is 81.6 cm³/mol. The average Bonchev–Trinajstić information content (AvgIpc) is 2.50. The molecule has 1 aromatic rings. The van der Waals surface area contributed by atoms with Crippen LogP contribution in [0.25, 0.3) is 0 Å². The number of rotatable bonds is 5. The van der Waals surface area contributed by atoms with Crippen molar-refractivity contribution >= 4 is 0 Å². The average molecular weight is 271 g/mol. The number of methoxy groups -OCH3 is 1. The van der Waals surface area contributed by atoms with Gasteiger partial charge in [0, 0.05) is 0 Å². The molecule has 2 heteroatoms. The molecular formula is C18H25NO. The van der Waals surface area contributed by atoms with Crippen LogP contribution in [0.15, 0.2) is 24.3 Å². The second-order valence-corrected chi connectivity index (χ2v) is 6.11. The molecule has 1 fully saturated rings. The van der Waals surface area contributed by atoms with Gasteiger partial charge in [0.05, 0.1) is 18.6 Å². The van der Waals surface area contributed by atoms with E-state index in [0.29, 0.717) is 0 Å². The number of para-hydroxylation sites is 1. The van der Waals surface area contributed by atoms with Crippen molar-refractivity contribution in [1.82, 2.24) is 0 Å². The van der Waals surface area contributed by atoms with E-state index in [4.69, 9.17) is 4.74 Å². The normalized spacial score (nSPS) is 25.9. The summed E-state index contributed by atoms with van der Waals surface area (Å²) in [5.41, 5.74) is 0.990. The first-order chi connectivity index (χ1) is 9.73. The molecule has 0 heterocycles. The molecule has 1 aromatic carbocycles. The minimum Gasteiger partial charge on any atom is -0.496 e. The third-order valence-electron chi connectivity index (χ3n) is 4.72. The van der Waals surface area contributed by atoms with Crippen LogP contribution in [0.3, 0.4) is 0 Å². The van der Waals surface area contributed by atoms with Crippen molar-refractivity contribution in [3.8, 4) is 11.8 Å². The summed E-state index contributed by atoms with van der Waals surface area (Å²) in [6.45, 7) is 2.25. The third-order valence-corrected chi connectivity index (χ3v) is 4.72. The molecule has 2 nitrogen and oxygen atoms in total. The first kappa shape index (κ1) is 14.9. The van der Waals surface area contributed by atoms with Crippen molar-refractivity contribution in [2.24, 2.45) is 11.3 Å². The van der Waals surface area contributed by atoms with Gasteiger partial charge in [-0.05, 0) is 49.7 Å². The summed E-state index contributed by atoms with van der Waals surface area (Å²) in [5.74, 6) is 1.75. The van der Waals surface area contributed by atoms with Crippen LogP contribution in [0.4, 0.5) is 0 Å². The summed E-state index contributed by atoms with van der Waals surface area (Å²) in [7, 11) is 1.70. The summed E-state index contributed by atoms with van der Waals surface area (Å²) in [6, 6.07) is 10.7. The minimum atomic E-state index is -0.182. The molecule has 0 amide bonds. The molecule has 108 valence electrons. The zero-order valence-electron chi connectivity index (χ0n) is 12.7. The highest BCUT2D eigenvalue weighted by Gasteiger charge is 2.35. The van der Waals surface area contributed by atoms with E-state index in [-0.39, 0.29) is 5.41 Å². The van der Waals surface area contributed by atoms with Crippen LogP contribution in [-0.4, -0.2) is 7.11 Å². The molecule has 1 aliphatic rings. The van der Waals surface area contributed by atoms with E-state index in [1.165, 1.54) is 31.2 Å². The van der Waals surface area contributed by atoms with Gasteiger partial charge < -0.3 is 4.74 Å². The van der Waals surface area contributed by atoms with Gasteiger partial charge in [-0.15, -0.1) is 0 Å². The van der Waals surface area contributed by atoms with Gasteiger partial charge in [0.2, 0.25) is 0 Å². The molecule has 0 radical (unpaired) electrons. The molecule has 0 atom stereocenters. The van der Waals surface area contributed by atoms with E-state index < -0.39 is 0 Å². The molecule has 20 heavy (non-hydrogen) atoms. The molecule has 1 aliphatic carbocycles. The summed E-state index contributed by atoms with van der Waals surface area (Å²) >= 11 is 0. The van der Waals surface area contributed by atoms with Gasteiger partial charge in [0.15, 0.2) is 0 Å². The summed E-state index contributed by atoms with van der Waals surface area (Å²) < 4.78 is 5.43. The topological polar surface area (TPSA) is 33.0 Å². The van der Waals surface area contributed by atoms with Crippen molar-refractivity contribution in [1.29, 1.82) is 5.26 Å². The molecule has 0 aliphatic heterocycles. The number of ether oxygens (including phenoxy) is 1. The Morgan fingerprint density at radius 1 is 1.30 bits per heavy atom. The molecular weight excluding hydrogens is 246 g/mol. The van der Waals surface area contributed by atoms with E-state index in [9.17, 15) is 5.26 Å². The molecule has 1 saturated carbocycles. The first-order valence-corrected chi connectivity index (χ1v) is 7.76. The van der Waals surface area contributed by atoms with E-state index in [2.05, 4.69) is 19.1 Å². The van der Waals surface area contributed by atoms with Crippen LogP contribution in [0.1, 0.15) is 51.0 Å². The molecule has 0 unspecified atom stereocenters. The maximum Gasteiger partial charge on any atom is 0.122 e. The highest BCUT2D eigenvalue weighted by molar-refractivity contribution is 5.35. The van der Waals surface area contributed by atoms with E-state index in [0.717, 1.165) is 30.9 Å². The van der Waals surface area contributed by atoms with Crippen LogP contribution in [0.2, 0.25) is 0 Å². The Morgan fingerprint density at radius 2 is 2.00 bits per heavy atom. The highest BCUT2D eigenvalue weighted by atomic mass is 16.5.